The molecule has 0 aliphatic heterocycles. The molecular formula is C19H18N8O. The molecule has 0 unspecified atom stereocenters. The van der Waals surface area contributed by atoms with Crippen molar-refractivity contribution in [3.63, 3.8) is 0 Å². The summed E-state index contributed by atoms with van der Waals surface area (Å²) in [4.78, 5) is 28.0. The molecule has 0 aliphatic rings. The first kappa shape index (κ1) is 17.5. The third-order valence-electron chi connectivity index (χ3n) is 4.30. The molecule has 1 amide bonds. The lowest BCUT2D eigenvalue weighted by molar-refractivity contribution is 0.0927. The maximum atomic E-state index is 12.5. The Hall–Kier alpha value is -3.93. The average molecular weight is 374 g/mol. The molecular weight excluding hydrogens is 356 g/mol. The number of aromatic nitrogens is 6. The molecule has 0 saturated carbocycles. The van der Waals surface area contributed by atoms with Crippen LogP contribution in [0.1, 0.15) is 36.1 Å². The van der Waals surface area contributed by atoms with Gasteiger partial charge in [-0.2, -0.15) is 5.10 Å². The summed E-state index contributed by atoms with van der Waals surface area (Å²) < 4.78 is 1.60. The number of carbonyl (C=O) groups excluding carboxylic acids is 1. The van der Waals surface area contributed by atoms with Gasteiger partial charge in [0, 0.05) is 18.7 Å². The Morgan fingerprint density at radius 2 is 2.25 bits per heavy atom. The van der Waals surface area contributed by atoms with Gasteiger partial charge in [0.1, 0.15) is 5.69 Å². The Morgan fingerprint density at radius 3 is 3.07 bits per heavy atom. The Labute approximate surface area is 160 Å². The normalized spacial score (nSPS) is 11.9. The minimum atomic E-state index is -0.282. The summed E-state index contributed by atoms with van der Waals surface area (Å²) in [5.41, 5.74) is 8.87. The van der Waals surface area contributed by atoms with Crippen LogP contribution in [0.15, 0.2) is 36.8 Å². The summed E-state index contributed by atoms with van der Waals surface area (Å²) >= 11 is 0. The molecule has 4 heterocycles. The van der Waals surface area contributed by atoms with Crippen LogP contribution < -0.4 is 11.1 Å². The molecule has 0 radical (unpaired) electrons. The van der Waals surface area contributed by atoms with Crippen LogP contribution in [-0.2, 0) is 0 Å². The zero-order valence-electron chi connectivity index (χ0n) is 15.2. The van der Waals surface area contributed by atoms with Gasteiger partial charge in [-0.25, -0.2) is 19.5 Å². The van der Waals surface area contributed by atoms with E-state index in [1.165, 1.54) is 0 Å². The van der Waals surface area contributed by atoms with Crippen LogP contribution in [0.4, 0.5) is 5.69 Å². The van der Waals surface area contributed by atoms with Gasteiger partial charge >= 0.3 is 0 Å². The molecule has 28 heavy (non-hydrogen) atoms. The summed E-state index contributed by atoms with van der Waals surface area (Å²) in [5, 5.41) is 7.16. The number of anilines is 1. The monoisotopic (exact) mass is 374 g/mol. The molecule has 1 atom stereocenters. The highest BCUT2D eigenvalue weighted by Crippen LogP contribution is 2.11. The SMILES string of the molecule is CC[C@@H](CC#Cc1cnc2c(N)ccnn12)NC(=O)c1nc2ncccc2[nH]1. The number of hydrogen-bond donors (Lipinski definition) is 3. The fraction of sp³-hybridized carbons (Fsp3) is 0.211. The zero-order valence-corrected chi connectivity index (χ0v) is 15.2. The van der Waals surface area contributed by atoms with Crippen molar-refractivity contribution >= 4 is 28.4 Å². The molecule has 140 valence electrons. The van der Waals surface area contributed by atoms with Crippen molar-refractivity contribution in [2.75, 3.05) is 5.73 Å². The van der Waals surface area contributed by atoms with E-state index < -0.39 is 0 Å². The number of nitrogens with zero attached hydrogens (tertiary/aromatic N) is 5. The molecule has 0 saturated heterocycles. The first-order chi connectivity index (χ1) is 13.7. The number of H-pyrrole nitrogens is 1. The Kier molecular flexibility index (Phi) is 4.60. The predicted molar refractivity (Wildman–Crippen MR) is 104 cm³/mol. The molecule has 0 fully saturated rings. The highest BCUT2D eigenvalue weighted by Gasteiger charge is 2.15. The number of nitrogens with two attached hydrogens (primary N) is 1. The number of nitrogens with one attached hydrogen (secondary N) is 2. The van der Waals surface area contributed by atoms with E-state index in [0.29, 0.717) is 29.1 Å². The van der Waals surface area contributed by atoms with Crippen LogP contribution in [0.2, 0.25) is 0 Å². The summed E-state index contributed by atoms with van der Waals surface area (Å²) in [7, 11) is 0. The highest BCUT2D eigenvalue weighted by molar-refractivity contribution is 5.93. The third-order valence-corrected chi connectivity index (χ3v) is 4.30. The van der Waals surface area contributed by atoms with Gasteiger partial charge < -0.3 is 16.0 Å². The van der Waals surface area contributed by atoms with E-state index in [4.69, 9.17) is 5.73 Å². The molecule has 0 aliphatic carbocycles. The second-order valence-corrected chi connectivity index (χ2v) is 6.21. The van der Waals surface area contributed by atoms with Crippen molar-refractivity contribution in [1.82, 2.24) is 34.9 Å². The molecule has 0 spiro atoms. The first-order valence-corrected chi connectivity index (χ1v) is 8.84. The average Bonchev–Trinajstić information content (AvgIpc) is 3.32. The number of carbonyl (C=O) groups is 1. The van der Waals surface area contributed by atoms with E-state index in [2.05, 4.69) is 42.2 Å². The molecule has 9 heteroatoms. The maximum Gasteiger partial charge on any atom is 0.287 e. The van der Waals surface area contributed by atoms with E-state index in [1.807, 2.05) is 13.0 Å². The smallest absolute Gasteiger partial charge is 0.287 e. The predicted octanol–water partition coefficient (Wildman–Crippen LogP) is 1.53. The summed E-state index contributed by atoms with van der Waals surface area (Å²) in [6, 6.07) is 5.19. The minimum absolute atomic E-state index is 0.113. The molecule has 0 bridgehead atoms. The number of nitrogen functional groups attached to an aromatic ring is 1. The fourth-order valence-corrected chi connectivity index (χ4v) is 2.77. The first-order valence-electron chi connectivity index (χ1n) is 8.84. The lowest BCUT2D eigenvalue weighted by Crippen LogP contribution is -2.34. The van der Waals surface area contributed by atoms with E-state index in [1.54, 1.807) is 35.2 Å². The van der Waals surface area contributed by atoms with Gasteiger partial charge in [-0.1, -0.05) is 12.8 Å². The van der Waals surface area contributed by atoms with Crippen LogP contribution in [0.5, 0.6) is 0 Å². The van der Waals surface area contributed by atoms with Crippen LogP contribution in [0.25, 0.3) is 16.8 Å². The Balaban J connectivity index is 1.45. The number of aromatic amines is 1. The van der Waals surface area contributed by atoms with Crippen molar-refractivity contribution in [2.24, 2.45) is 0 Å². The van der Waals surface area contributed by atoms with Gasteiger partial charge in [-0.05, 0) is 30.5 Å². The van der Waals surface area contributed by atoms with Gasteiger partial charge in [0.25, 0.3) is 5.91 Å². The molecule has 0 aromatic carbocycles. The molecule has 9 nitrogen and oxygen atoms in total. The van der Waals surface area contributed by atoms with Crippen molar-refractivity contribution in [3.8, 4) is 11.8 Å². The lowest BCUT2D eigenvalue weighted by Gasteiger charge is -2.12. The topological polar surface area (TPSA) is 127 Å². The van der Waals surface area contributed by atoms with Gasteiger partial charge in [0.15, 0.2) is 17.1 Å². The number of rotatable bonds is 4. The lowest BCUT2D eigenvalue weighted by atomic mass is 10.1. The van der Waals surface area contributed by atoms with E-state index >= 15 is 0 Å². The van der Waals surface area contributed by atoms with Gasteiger partial charge in [0.2, 0.25) is 0 Å². The van der Waals surface area contributed by atoms with Gasteiger partial charge in [-0.3, -0.25) is 4.79 Å². The van der Waals surface area contributed by atoms with E-state index in [9.17, 15) is 4.79 Å². The van der Waals surface area contributed by atoms with Crippen LogP contribution in [0.3, 0.4) is 0 Å². The Bertz CT molecular complexity index is 1180. The van der Waals surface area contributed by atoms with Crippen molar-refractivity contribution in [1.29, 1.82) is 0 Å². The van der Waals surface area contributed by atoms with Gasteiger partial charge in [-0.15, -0.1) is 0 Å². The minimum Gasteiger partial charge on any atom is -0.396 e. The summed E-state index contributed by atoms with van der Waals surface area (Å²) in [6.45, 7) is 1.99. The molecule has 4 N–H and O–H groups in total. The number of pyridine rings is 1. The zero-order chi connectivity index (χ0) is 19.5. The third kappa shape index (κ3) is 3.35. The maximum absolute atomic E-state index is 12.5. The number of imidazole rings is 2. The highest BCUT2D eigenvalue weighted by atomic mass is 16.2. The summed E-state index contributed by atoms with van der Waals surface area (Å²) in [6.07, 6.45) is 6.09. The second-order valence-electron chi connectivity index (χ2n) is 6.21. The van der Waals surface area contributed by atoms with Crippen LogP contribution in [-0.4, -0.2) is 41.5 Å². The van der Waals surface area contributed by atoms with Crippen LogP contribution >= 0.6 is 0 Å². The fourth-order valence-electron chi connectivity index (χ4n) is 2.77. The Morgan fingerprint density at radius 1 is 1.36 bits per heavy atom. The van der Waals surface area contributed by atoms with Crippen LogP contribution in [0, 0.1) is 11.8 Å². The van der Waals surface area contributed by atoms with Crippen molar-refractivity contribution in [2.45, 2.75) is 25.8 Å². The molecule has 4 aromatic rings. The van der Waals surface area contributed by atoms with Crippen molar-refractivity contribution in [3.05, 3.63) is 48.3 Å². The molecule has 4 rings (SSSR count). The number of amides is 1. The number of hydrogen-bond acceptors (Lipinski definition) is 6. The largest absolute Gasteiger partial charge is 0.396 e. The number of fused-ring (bicyclic) bond motifs is 2. The van der Waals surface area contributed by atoms with E-state index in [-0.39, 0.29) is 17.8 Å². The van der Waals surface area contributed by atoms with Gasteiger partial charge in [0.05, 0.1) is 23.6 Å². The standard InChI is InChI=1S/C19H18N8O/c1-2-12(24-19(28)17-25-15-7-4-9-21-16(15)26-17)5-3-6-13-11-22-18-14(20)8-10-23-27(13)18/h4,7-12H,2,5,20H2,1H3,(H,24,28)(H,21,25,26)/t12-/m0/s1. The van der Waals surface area contributed by atoms with E-state index in [0.717, 1.165) is 11.9 Å². The summed E-state index contributed by atoms with van der Waals surface area (Å²) in [5.74, 6) is 6.08. The van der Waals surface area contributed by atoms with Crippen molar-refractivity contribution < 1.29 is 4.79 Å². The quantitative estimate of drug-likeness (QED) is 0.465. The second kappa shape index (κ2) is 7.36. The molecule has 4 aromatic heterocycles.